The van der Waals surface area contributed by atoms with Crippen LogP contribution in [-0.2, 0) is 0 Å². The SMILES string of the molecule is Fc1cc(OCCNC2CCCCCC2)c(Br)cc1Cl. The lowest BCUT2D eigenvalue weighted by Crippen LogP contribution is -2.32. The van der Waals surface area contributed by atoms with Gasteiger partial charge in [0, 0.05) is 18.7 Å². The first kappa shape index (κ1) is 16.1. The number of halogens is 3. The van der Waals surface area contributed by atoms with Crippen molar-refractivity contribution >= 4 is 27.5 Å². The average Bonchev–Trinajstić information content (AvgIpc) is 2.69. The summed E-state index contributed by atoms with van der Waals surface area (Å²) < 4.78 is 19.6. The number of hydrogen-bond acceptors (Lipinski definition) is 2. The van der Waals surface area contributed by atoms with Crippen molar-refractivity contribution in [3.8, 4) is 5.75 Å². The summed E-state index contributed by atoms with van der Waals surface area (Å²) in [5.74, 6) is 0.0381. The zero-order valence-electron chi connectivity index (χ0n) is 11.4. The van der Waals surface area contributed by atoms with Crippen molar-refractivity contribution in [3.05, 3.63) is 27.4 Å². The smallest absolute Gasteiger partial charge is 0.145 e. The minimum absolute atomic E-state index is 0.0980. The molecular weight excluding hydrogens is 345 g/mol. The lowest BCUT2D eigenvalue weighted by Gasteiger charge is -2.16. The molecule has 1 aliphatic rings. The second kappa shape index (κ2) is 8.20. The Morgan fingerprint density at radius 3 is 2.65 bits per heavy atom. The molecule has 112 valence electrons. The van der Waals surface area contributed by atoms with Crippen LogP contribution in [0, 0.1) is 5.82 Å². The molecule has 1 fully saturated rings. The molecule has 20 heavy (non-hydrogen) atoms. The van der Waals surface area contributed by atoms with Crippen LogP contribution in [0.5, 0.6) is 5.75 Å². The second-order valence-electron chi connectivity index (χ2n) is 5.19. The van der Waals surface area contributed by atoms with Crippen LogP contribution in [-0.4, -0.2) is 19.2 Å². The molecule has 0 unspecified atom stereocenters. The van der Waals surface area contributed by atoms with E-state index in [0.717, 1.165) is 6.54 Å². The van der Waals surface area contributed by atoms with Crippen LogP contribution < -0.4 is 10.1 Å². The first-order valence-electron chi connectivity index (χ1n) is 7.17. The number of ether oxygens (including phenoxy) is 1. The Labute approximate surface area is 133 Å². The predicted molar refractivity (Wildman–Crippen MR) is 84.1 cm³/mol. The van der Waals surface area contributed by atoms with E-state index < -0.39 is 5.82 Å². The lowest BCUT2D eigenvalue weighted by molar-refractivity contribution is 0.297. The van der Waals surface area contributed by atoms with E-state index >= 15 is 0 Å². The van der Waals surface area contributed by atoms with Gasteiger partial charge in [-0.3, -0.25) is 0 Å². The fourth-order valence-electron chi connectivity index (χ4n) is 2.52. The largest absolute Gasteiger partial charge is 0.491 e. The Kier molecular flexibility index (Phi) is 6.59. The molecular formula is C15H20BrClFNO. The molecule has 0 atom stereocenters. The van der Waals surface area contributed by atoms with Crippen molar-refractivity contribution in [2.75, 3.05) is 13.2 Å². The maximum Gasteiger partial charge on any atom is 0.145 e. The molecule has 0 amide bonds. The summed E-state index contributed by atoms with van der Waals surface area (Å²) in [6.45, 7) is 1.30. The van der Waals surface area contributed by atoms with Crippen LogP contribution in [0.3, 0.4) is 0 Å². The molecule has 0 heterocycles. The van der Waals surface area contributed by atoms with Gasteiger partial charge in [0.1, 0.15) is 18.2 Å². The summed E-state index contributed by atoms with van der Waals surface area (Å²) in [4.78, 5) is 0. The average molecular weight is 365 g/mol. The monoisotopic (exact) mass is 363 g/mol. The third-order valence-electron chi connectivity index (χ3n) is 3.62. The van der Waals surface area contributed by atoms with E-state index in [9.17, 15) is 4.39 Å². The molecule has 0 spiro atoms. The van der Waals surface area contributed by atoms with Crippen molar-refractivity contribution in [2.24, 2.45) is 0 Å². The van der Waals surface area contributed by atoms with Gasteiger partial charge in [-0.05, 0) is 34.8 Å². The molecule has 1 N–H and O–H groups in total. The lowest BCUT2D eigenvalue weighted by atomic mass is 10.1. The molecule has 0 aromatic heterocycles. The molecule has 0 radical (unpaired) electrons. The van der Waals surface area contributed by atoms with Gasteiger partial charge in [-0.2, -0.15) is 0 Å². The van der Waals surface area contributed by atoms with Gasteiger partial charge in [0.2, 0.25) is 0 Å². The molecule has 1 aromatic rings. The number of nitrogens with one attached hydrogen (secondary N) is 1. The van der Waals surface area contributed by atoms with E-state index in [1.807, 2.05) is 0 Å². The first-order valence-corrected chi connectivity index (χ1v) is 8.34. The summed E-state index contributed by atoms with van der Waals surface area (Å²) >= 11 is 9.02. The predicted octanol–water partition coefficient (Wildman–Crippen LogP) is 4.93. The van der Waals surface area contributed by atoms with Gasteiger partial charge >= 0.3 is 0 Å². The molecule has 2 nitrogen and oxygen atoms in total. The summed E-state index contributed by atoms with van der Waals surface area (Å²) in [5.41, 5.74) is 0. The van der Waals surface area contributed by atoms with Crippen LogP contribution >= 0.6 is 27.5 Å². The van der Waals surface area contributed by atoms with Crippen molar-refractivity contribution in [3.63, 3.8) is 0 Å². The van der Waals surface area contributed by atoms with E-state index in [1.54, 1.807) is 0 Å². The Balaban J connectivity index is 1.74. The van der Waals surface area contributed by atoms with Crippen molar-refractivity contribution in [1.82, 2.24) is 5.32 Å². The fourth-order valence-corrected chi connectivity index (χ4v) is 3.28. The number of rotatable bonds is 5. The molecule has 0 bridgehead atoms. The molecule has 5 heteroatoms. The van der Waals surface area contributed by atoms with Gasteiger partial charge in [-0.25, -0.2) is 4.39 Å². The van der Waals surface area contributed by atoms with Crippen LogP contribution in [0.4, 0.5) is 4.39 Å². The Bertz CT molecular complexity index is 436. The van der Waals surface area contributed by atoms with Gasteiger partial charge in [-0.1, -0.05) is 37.3 Å². The van der Waals surface area contributed by atoms with Gasteiger partial charge in [0.05, 0.1) is 9.50 Å². The third kappa shape index (κ3) is 4.90. The number of hydrogen-bond donors (Lipinski definition) is 1. The normalized spacial score (nSPS) is 16.9. The zero-order valence-corrected chi connectivity index (χ0v) is 13.8. The van der Waals surface area contributed by atoms with E-state index in [4.69, 9.17) is 16.3 Å². The molecule has 1 saturated carbocycles. The van der Waals surface area contributed by atoms with Crippen LogP contribution in [0.25, 0.3) is 0 Å². The van der Waals surface area contributed by atoms with Gasteiger partial charge in [-0.15, -0.1) is 0 Å². The highest BCUT2D eigenvalue weighted by atomic mass is 79.9. The highest BCUT2D eigenvalue weighted by molar-refractivity contribution is 9.10. The minimum atomic E-state index is -0.457. The van der Waals surface area contributed by atoms with Crippen LogP contribution in [0.1, 0.15) is 38.5 Å². The molecule has 0 saturated heterocycles. The molecule has 1 aromatic carbocycles. The zero-order chi connectivity index (χ0) is 14.4. The minimum Gasteiger partial charge on any atom is -0.491 e. The van der Waals surface area contributed by atoms with E-state index in [0.29, 0.717) is 22.9 Å². The Morgan fingerprint density at radius 1 is 1.25 bits per heavy atom. The van der Waals surface area contributed by atoms with Gasteiger partial charge in [0.25, 0.3) is 0 Å². The maximum atomic E-state index is 13.4. The second-order valence-corrected chi connectivity index (χ2v) is 6.45. The van der Waals surface area contributed by atoms with Crippen molar-refractivity contribution in [1.29, 1.82) is 0 Å². The molecule has 1 aliphatic carbocycles. The van der Waals surface area contributed by atoms with Crippen LogP contribution in [0.2, 0.25) is 5.02 Å². The topological polar surface area (TPSA) is 21.3 Å². The highest BCUT2D eigenvalue weighted by Crippen LogP contribution is 2.30. The van der Waals surface area contributed by atoms with E-state index in [1.165, 1.54) is 50.7 Å². The summed E-state index contributed by atoms with van der Waals surface area (Å²) in [5, 5.41) is 3.62. The number of benzene rings is 1. The van der Waals surface area contributed by atoms with Crippen molar-refractivity contribution < 1.29 is 9.13 Å². The molecule has 2 rings (SSSR count). The fraction of sp³-hybridized carbons (Fsp3) is 0.600. The van der Waals surface area contributed by atoms with Crippen molar-refractivity contribution in [2.45, 2.75) is 44.6 Å². The van der Waals surface area contributed by atoms with E-state index in [-0.39, 0.29) is 5.02 Å². The Morgan fingerprint density at radius 2 is 1.95 bits per heavy atom. The third-order valence-corrected chi connectivity index (χ3v) is 4.53. The summed E-state index contributed by atoms with van der Waals surface area (Å²) in [6.07, 6.45) is 7.83. The highest BCUT2D eigenvalue weighted by Gasteiger charge is 2.11. The Hall–Kier alpha value is -0.320. The van der Waals surface area contributed by atoms with Gasteiger partial charge < -0.3 is 10.1 Å². The van der Waals surface area contributed by atoms with Crippen LogP contribution in [0.15, 0.2) is 16.6 Å². The quantitative estimate of drug-likeness (QED) is 0.454. The van der Waals surface area contributed by atoms with E-state index in [2.05, 4.69) is 21.2 Å². The summed E-state index contributed by atoms with van der Waals surface area (Å²) in [6, 6.07) is 3.44. The standard InChI is InChI=1S/C15H20BrClFNO/c16-12-9-13(17)14(18)10-15(12)20-8-7-19-11-5-3-1-2-4-6-11/h9-11,19H,1-8H2. The first-order chi connectivity index (χ1) is 9.66. The molecule has 0 aliphatic heterocycles. The summed E-state index contributed by atoms with van der Waals surface area (Å²) in [7, 11) is 0. The maximum absolute atomic E-state index is 13.4. The van der Waals surface area contributed by atoms with Gasteiger partial charge in [0.15, 0.2) is 0 Å².